The fraction of sp³-hybridized carbons (Fsp3) is 0.0968. The lowest BCUT2D eigenvalue weighted by Crippen LogP contribution is -2.32. The van der Waals surface area contributed by atoms with Gasteiger partial charge in [0, 0.05) is 10.6 Å². The van der Waals surface area contributed by atoms with Crippen LogP contribution in [-0.4, -0.2) is 26.2 Å². The zero-order valence-electron chi connectivity index (χ0n) is 20.6. The van der Waals surface area contributed by atoms with E-state index in [1.54, 1.807) is 0 Å². The van der Waals surface area contributed by atoms with Crippen LogP contribution in [0.4, 0.5) is 0 Å². The Morgan fingerprint density at radius 1 is 0.595 bits per heavy atom. The number of esters is 2. The van der Waals surface area contributed by atoms with Crippen molar-refractivity contribution in [1.82, 2.24) is 0 Å². The molecule has 5 nitrogen and oxygen atoms in total. The summed E-state index contributed by atoms with van der Waals surface area (Å²) < 4.78 is 16.4. The summed E-state index contributed by atoms with van der Waals surface area (Å²) in [5.74, 6) is -1.22. The standard InChI is InChI=1S/C31H26NO4P/c1-35-29(33)27-28(30(34)36-2)37(25-19-11-5-12-20-25,26-21-13-6-14-22-26)32-31(27,23-15-7-3-8-16-23)24-17-9-4-10-18-24/h3-22H,1-2H3. The fourth-order valence-electron chi connectivity index (χ4n) is 5.08. The molecule has 0 aliphatic carbocycles. The first-order chi connectivity index (χ1) is 18.1. The van der Waals surface area contributed by atoms with Crippen molar-refractivity contribution in [2.24, 2.45) is 4.74 Å². The molecule has 0 bridgehead atoms. The zero-order chi connectivity index (χ0) is 25.9. The second-order valence-electron chi connectivity index (χ2n) is 8.56. The first-order valence-electron chi connectivity index (χ1n) is 11.9. The number of ether oxygens (including phenoxy) is 2. The molecule has 0 N–H and O–H groups in total. The van der Waals surface area contributed by atoms with Gasteiger partial charge in [-0.05, 0) is 11.1 Å². The Morgan fingerprint density at radius 3 is 1.35 bits per heavy atom. The predicted octanol–water partition coefficient (Wildman–Crippen LogP) is 5.40. The summed E-state index contributed by atoms with van der Waals surface area (Å²) in [6, 6.07) is 38.6. The van der Waals surface area contributed by atoms with Gasteiger partial charge in [0.05, 0.1) is 32.2 Å². The maximum Gasteiger partial charge on any atom is 0.341 e. The van der Waals surface area contributed by atoms with Gasteiger partial charge in [0.25, 0.3) is 0 Å². The van der Waals surface area contributed by atoms with Crippen LogP contribution in [-0.2, 0) is 24.6 Å². The van der Waals surface area contributed by atoms with E-state index in [-0.39, 0.29) is 10.9 Å². The minimum absolute atomic E-state index is 0.181. The minimum atomic E-state index is -3.08. The fourth-order valence-corrected chi connectivity index (χ4v) is 9.14. The number of rotatable bonds is 6. The topological polar surface area (TPSA) is 65.0 Å². The van der Waals surface area contributed by atoms with Crippen molar-refractivity contribution in [1.29, 1.82) is 0 Å². The second kappa shape index (κ2) is 10.0. The Bertz CT molecular complexity index is 1430. The minimum Gasteiger partial charge on any atom is -0.466 e. The quantitative estimate of drug-likeness (QED) is 0.259. The Hall–Kier alpha value is -4.21. The van der Waals surface area contributed by atoms with E-state index in [1.165, 1.54) is 14.2 Å². The maximum absolute atomic E-state index is 13.8. The summed E-state index contributed by atoms with van der Waals surface area (Å²) in [5, 5.41) is 1.93. The molecule has 0 saturated carbocycles. The molecule has 0 aromatic heterocycles. The summed E-state index contributed by atoms with van der Waals surface area (Å²) in [4.78, 5) is 27.7. The number of nitrogens with zero attached hydrogens (tertiary/aromatic N) is 1. The van der Waals surface area contributed by atoms with Gasteiger partial charge in [-0.1, -0.05) is 121 Å². The van der Waals surface area contributed by atoms with Crippen LogP contribution in [0.15, 0.2) is 137 Å². The third kappa shape index (κ3) is 3.83. The number of carbonyl (C=O) groups is 2. The van der Waals surface area contributed by atoms with Crippen molar-refractivity contribution in [2.45, 2.75) is 5.54 Å². The molecule has 37 heavy (non-hydrogen) atoms. The van der Waals surface area contributed by atoms with Crippen LogP contribution in [0.2, 0.25) is 0 Å². The summed E-state index contributed by atoms with van der Waals surface area (Å²) >= 11 is 0. The zero-order valence-corrected chi connectivity index (χ0v) is 21.5. The molecule has 0 atom stereocenters. The highest BCUT2D eigenvalue weighted by molar-refractivity contribution is 7.85. The van der Waals surface area contributed by atoms with Crippen molar-refractivity contribution < 1.29 is 19.1 Å². The lowest BCUT2D eigenvalue weighted by atomic mass is 9.77. The Balaban J connectivity index is 2.09. The Labute approximate surface area is 216 Å². The molecule has 1 aliphatic heterocycles. The molecular weight excluding hydrogens is 481 g/mol. The van der Waals surface area contributed by atoms with Gasteiger partial charge < -0.3 is 9.47 Å². The highest BCUT2D eigenvalue weighted by Crippen LogP contribution is 2.68. The molecule has 0 amide bonds. The summed E-state index contributed by atoms with van der Waals surface area (Å²) in [7, 11) is -0.420. The van der Waals surface area contributed by atoms with Crippen LogP contribution >= 0.6 is 7.05 Å². The molecule has 1 heterocycles. The molecule has 184 valence electrons. The number of benzene rings is 4. The van der Waals surface area contributed by atoms with Crippen LogP contribution in [0, 0.1) is 0 Å². The molecule has 6 heteroatoms. The smallest absolute Gasteiger partial charge is 0.341 e. The summed E-state index contributed by atoms with van der Waals surface area (Å²) in [6.07, 6.45) is 0. The normalized spacial score (nSPS) is 15.5. The number of methoxy groups -OCH3 is 2. The first-order valence-corrected chi connectivity index (χ1v) is 13.6. The van der Waals surface area contributed by atoms with Gasteiger partial charge in [0.1, 0.15) is 5.54 Å². The largest absolute Gasteiger partial charge is 0.466 e. The van der Waals surface area contributed by atoms with Gasteiger partial charge in [-0.3, -0.25) is 4.74 Å². The van der Waals surface area contributed by atoms with Gasteiger partial charge in [-0.25, -0.2) is 9.59 Å². The van der Waals surface area contributed by atoms with Gasteiger partial charge in [0.15, 0.2) is 0 Å². The van der Waals surface area contributed by atoms with Gasteiger partial charge in [-0.2, -0.15) is 0 Å². The maximum atomic E-state index is 13.8. The molecule has 0 radical (unpaired) electrons. The molecule has 1 aliphatic rings. The van der Waals surface area contributed by atoms with Crippen molar-refractivity contribution in [3.05, 3.63) is 143 Å². The van der Waals surface area contributed by atoms with Crippen LogP contribution < -0.4 is 10.6 Å². The number of hydrogen-bond acceptors (Lipinski definition) is 5. The van der Waals surface area contributed by atoms with E-state index in [2.05, 4.69) is 0 Å². The lowest BCUT2D eigenvalue weighted by Gasteiger charge is -2.31. The van der Waals surface area contributed by atoms with E-state index >= 15 is 0 Å². The van der Waals surface area contributed by atoms with Crippen molar-refractivity contribution in [2.75, 3.05) is 14.2 Å². The summed E-state index contributed by atoms with van der Waals surface area (Å²) in [6.45, 7) is 0. The van der Waals surface area contributed by atoms with E-state index in [9.17, 15) is 9.59 Å². The molecule has 0 fully saturated rings. The molecule has 4 aromatic carbocycles. The first kappa shape index (κ1) is 24.5. The van der Waals surface area contributed by atoms with Gasteiger partial charge in [-0.15, -0.1) is 0 Å². The van der Waals surface area contributed by atoms with E-state index < -0.39 is 24.5 Å². The third-order valence-electron chi connectivity index (χ3n) is 6.63. The predicted molar refractivity (Wildman–Crippen MR) is 146 cm³/mol. The third-order valence-corrected chi connectivity index (χ3v) is 10.4. The van der Waals surface area contributed by atoms with E-state index in [0.717, 1.165) is 21.7 Å². The van der Waals surface area contributed by atoms with Crippen molar-refractivity contribution in [3.63, 3.8) is 0 Å². The molecule has 0 spiro atoms. The van der Waals surface area contributed by atoms with Crippen LogP contribution in [0.1, 0.15) is 11.1 Å². The highest BCUT2D eigenvalue weighted by Gasteiger charge is 2.56. The average Bonchev–Trinajstić information content (AvgIpc) is 3.32. The molecule has 0 unspecified atom stereocenters. The molecule has 5 rings (SSSR count). The second-order valence-corrected chi connectivity index (χ2v) is 11.5. The van der Waals surface area contributed by atoms with E-state index in [1.807, 2.05) is 121 Å². The van der Waals surface area contributed by atoms with Crippen LogP contribution in [0.25, 0.3) is 0 Å². The van der Waals surface area contributed by atoms with Gasteiger partial charge in [0.2, 0.25) is 0 Å². The SMILES string of the molecule is COC(=O)C1=C(C(=O)OC)P(c2ccccc2)(c2ccccc2)=NC1(c1ccccc1)c1ccccc1. The van der Waals surface area contributed by atoms with Crippen molar-refractivity contribution >= 4 is 29.6 Å². The van der Waals surface area contributed by atoms with Crippen LogP contribution in [0.5, 0.6) is 0 Å². The van der Waals surface area contributed by atoms with E-state index in [0.29, 0.717) is 0 Å². The molecular formula is C31H26NO4P. The summed E-state index contributed by atoms with van der Waals surface area (Å²) in [5.41, 5.74) is 0.396. The van der Waals surface area contributed by atoms with Crippen molar-refractivity contribution in [3.8, 4) is 0 Å². The van der Waals surface area contributed by atoms with Gasteiger partial charge >= 0.3 is 11.9 Å². The molecule has 4 aromatic rings. The average molecular weight is 508 g/mol. The monoisotopic (exact) mass is 507 g/mol. The highest BCUT2D eigenvalue weighted by atomic mass is 31.2. The number of carbonyl (C=O) groups excluding carboxylic acids is 2. The molecule has 0 saturated heterocycles. The number of hydrogen-bond donors (Lipinski definition) is 0. The Kier molecular flexibility index (Phi) is 6.64. The Morgan fingerprint density at radius 2 is 0.973 bits per heavy atom. The lowest BCUT2D eigenvalue weighted by molar-refractivity contribution is -0.139. The van der Waals surface area contributed by atoms with E-state index in [4.69, 9.17) is 14.2 Å². The van der Waals surface area contributed by atoms with Crippen LogP contribution in [0.3, 0.4) is 0 Å².